The van der Waals surface area contributed by atoms with E-state index in [1.807, 2.05) is 18.2 Å². The zero-order valence-corrected chi connectivity index (χ0v) is 20.3. The van der Waals surface area contributed by atoms with Crippen LogP contribution >= 0.6 is 15.9 Å². The molecule has 2 N–H and O–H groups in total. The first-order valence-electron chi connectivity index (χ1n) is 10.4. The Bertz CT molecular complexity index is 1080. The molecule has 0 atom stereocenters. The number of hydrogen-bond acceptors (Lipinski definition) is 9. The lowest BCUT2D eigenvalue weighted by Gasteiger charge is -2.30. The summed E-state index contributed by atoms with van der Waals surface area (Å²) in [4.78, 5) is 11.4. The van der Waals surface area contributed by atoms with E-state index >= 15 is 0 Å². The zero-order chi connectivity index (χ0) is 23.2. The molecule has 0 unspecified atom stereocenters. The summed E-state index contributed by atoms with van der Waals surface area (Å²) in [7, 11) is 4.72. The summed E-state index contributed by atoms with van der Waals surface area (Å²) in [5, 5.41) is 6.65. The van der Waals surface area contributed by atoms with Crippen LogP contribution in [0.15, 0.2) is 47.1 Å². The number of hydrogen-bond donors (Lipinski definition) is 2. The Kier molecular flexibility index (Phi) is 7.36. The van der Waals surface area contributed by atoms with E-state index in [1.165, 1.54) is 0 Å². The van der Waals surface area contributed by atoms with Crippen LogP contribution in [0.5, 0.6) is 17.2 Å². The van der Waals surface area contributed by atoms with Gasteiger partial charge in [-0.3, -0.25) is 0 Å². The van der Waals surface area contributed by atoms with Gasteiger partial charge in [0.25, 0.3) is 0 Å². The van der Waals surface area contributed by atoms with E-state index < -0.39 is 0 Å². The number of halogens is 1. The van der Waals surface area contributed by atoms with Gasteiger partial charge in [-0.1, -0.05) is 12.1 Å². The number of anilines is 5. The summed E-state index contributed by atoms with van der Waals surface area (Å²) in [6.07, 6.45) is 1.70. The SMILES string of the molecule is COc1cc(Nc2ncc(Br)c(Nc3ccccc3N3CCOCC3)n2)cc(OC)c1OC. The third-order valence-electron chi connectivity index (χ3n) is 5.17. The van der Waals surface area contributed by atoms with Gasteiger partial charge in [-0.05, 0) is 28.1 Å². The number of nitrogens with zero attached hydrogens (tertiary/aromatic N) is 3. The molecule has 1 aliphatic heterocycles. The van der Waals surface area contributed by atoms with Gasteiger partial charge in [0.1, 0.15) is 5.82 Å². The van der Waals surface area contributed by atoms with Crippen LogP contribution in [-0.2, 0) is 4.74 Å². The molecule has 33 heavy (non-hydrogen) atoms. The highest BCUT2D eigenvalue weighted by molar-refractivity contribution is 9.10. The number of benzene rings is 2. The second-order valence-electron chi connectivity index (χ2n) is 7.17. The number of aromatic nitrogens is 2. The molecule has 0 saturated carbocycles. The molecular formula is C23H26BrN5O4. The maximum atomic E-state index is 5.49. The van der Waals surface area contributed by atoms with Crippen LogP contribution in [-0.4, -0.2) is 57.6 Å². The Morgan fingerprint density at radius 2 is 1.67 bits per heavy atom. The minimum Gasteiger partial charge on any atom is -0.493 e. The van der Waals surface area contributed by atoms with Gasteiger partial charge in [-0.15, -0.1) is 0 Å². The third-order valence-corrected chi connectivity index (χ3v) is 5.75. The fraction of sp³-hybridized carbons (Fsp3) is 0.304. The van der Waals surface area contributed by atoms with E-state index in [9.17, 15) is 0 Å². The van der Waals surface area contributed by atoms with E-state index in [4.69, 9.17) is 18.9 Å². The van der Waals surface area contributed by atoms with Crippen molar-refractivity contribution in [3.05, 3.63) is 47.1 Å². The fourth-order valence-electron chi connectivity index (χ4n) is 3.58. The van der Waals surface area contributed by atoms with Crippen molar-refractivity contribution in [1.29, 1.82) is 0 Å². The minimum atomic E-state index is 0.416. The van der Waals surface area contributed by atoms with Crippen LogP contribution in [0.1, 0.15) is 0 Å². The molecule has 3 aromatic rings. The van der Waals surface area contributed by atoms with E-state index in [1.54, 1.807) is 39.7 Å². The predicted molar refractivity (Wildman–Crippen MR) is 132 cm³/mol. The topological polar surface area (TPSA) is 90.0 Å². The van der Waals surface area contributed by atoms with Gasteiger partial charge in [0.2, 0.25) is 11.7 Å². The Balaban J connectivity index is 1.60. The Morgan fingerprint density at radius 1 is 0.970 bits per heavy atom. The highest BCUT2D eigenvalue weighted by Gasteiger charge is 2.17. The van der Waals surface area contributed by atoms with Gasteiger partial charge in [-0.25, -0.2) is 4.98 Å². The monoisotopic (exact) mass is 515 g/mol. The lowest BCUT2D eigenvalue weighted by molar-refractivity contribution is 0.123. The van der Waals surface area contributed by atoms with Crippen molar-refractivity contribution in [2.24, 2.45) is 0 Å². The summed E-state index contributed by atoms with van der Waals surface area (Å²) >= 11 is 3.55. The number of rotatable bonds is 8. The lowest BCUT2D eigenvalue weighted by atomic mass is 10.2. The lowest BCUT2D eigenvalue weighted by Crippen LogP contribution is -2.36. The summed E-state index contributed by atoms with van der Waals surface area (Å²) in [6, 6.07) is 11.8. The molecule has 1 fully saturated rings. The first-order chi connectivity index (χ1) is 16.1. The van der Waals surface area contributed by atoms with E-state index in [-0.39, 0.29) is 0 Å². The predicted octanol–water partition coefficient (Wildman–Crippen LogP) is 4.59. The van der Waals surface area contributed by atoms with Crippen molar-refractivity contribution >= 4 is 44.8 Å². The number of nitrogens with one attached hydrogen (secondary N) is 2. The van der Waals surface area contributed by atoms with Crippen molar-refractivity contribution in [3.63, 3.8) is 0 Å². The Morgan fingerprint density at radius 3 is 2.33 bits per heavy atom. The second kappa shape index (κ2) is 10.6. The summed E-state index contributed by atoms with van der Waals surface area (Å²) in [5.74, 6) is 2.65. The first-order valence-corrected chi connectivity index (χ1v) is 11.2. The van der Waals surface area contributed by atoms with E-state index in [0.29, 0.717) is 47.9 Å². The number of ether oxygens (including phenoxy) is 4. The quantitative estimate of drug-likeness (QED) is 0.446. The molecule has 1 aliphatic rings. The second-order valence-corrected chi connectivity index (χ2v) is 8.03. The van der Waals surface area contributed by atoms with Crippen molar-refractivity contribution in [2.75, 3.05) is 63.2 Å². The molecule has 10 heteroatoms. The molecule has 2 heterocycles. The van der Waals surface area contributed by atoms with Gasteiger partial charge >= 0.3 is 0 Å². The summed E-state index contributed by atoms with van der Waals surface area (Å²) in [6.45, 7) is 3.12. The van der Waals surface area contributed by atoms with Gasteiger partial charge < -0.3 is 34.5 Å². The molecule has 0 aliphatic carbocycles. The van der Waals surface area contributed by atoms with Crippen LogP contribution in [0.25, 0.3) is 0 Å². The molecule has 174 valence electrons. The minimum absolute atomic E-state index is 0.416. The highest BCUT2D eigenvalue weighted by Crippen LogP contribution is 2.40. The number of methoxy groups -OCH3 is 3. The van der Waals surface area contributed by atoms with Crippen molar-refractivity contribution < 1.29 is 18.9 Å². The van der Waals surface area contributed by atoms with Crippen molar-refractivity contribution in [1.82, 2.24) is 9.97 Å². The average molecular weight is 516 g/mol. The Labute approximate surface area is 201 Å². The van der Waals surface area contributed by atoms with Crippen LogP contribution in [0.2, 0.25) is 0 Å². The largest absolute Gasteiger partial charge is 0.493 e. The van der Waals surface area contributed by atoms with E-state index in [0.717, 1.165) is 28.9 Å². The number of morpholine rings is 1. The van der Waals surface area contributed by atoms with Gasteiger partial charge in [0.05, 0.1) is 50.4 Å². The van der Waals surface area contributed by atoms with Gasteiger partial charge in [0.15, 0.2) is 11.5 Å². The maximum absolute atomic E-state index is 5.49. The van der Waals surface area contributed by atoms with Crippen LogP contribution in [0, 0.1) is 0 Å². The highest BCUT2D eigenvalue weighted by atomic mass is 79.9. The molecule has 0 amide bonds. The molecular weight excluding hydrogens is 490 g/mol. The van der Waals surface area contributed by atoms with E-state index in [2.05, 4.69) is 47.5 Å². The van der Waals surface area contributed by atoms with Crippen molar-refractivity contribution in [3.8, 4) is 17.2 Å². The first kappa shape index (κ1) is 22.9. The van der Waals surface area contributed by atoms with Crippen LogP contribution in [0.3, 0.4) is 0 Å². The number of para-hydroxylation sites is 2. The molecule has 0 spiro atoms. The Hall–Kier alpha value is -3.24. The van der Waals surface area contributed by atoms with Gasteiger partial charge in [0, 0.05) is 37.1 Å². The third kappa shape index (κ3) is 5.23. The fourth-order valence-corrected chi connectivity index (χ4v) is 3.87. The maximum Gasteiger partial charge on any atom is 0.229 e. The van der Waals surface area contributed by atoms with Crippen molar-refractivity contribution in [2.45, 2.75) is 0 Å². The molecule has 0 bridgehead atoms. The average Bonchev–Trinajstić information content (AvgIpc) is 2.86. The molecule has 2 aromatic carbocycles. The standard InChI is InChI=1S/C23H26BrN5O4/c1-30-19-12-15(13-20(31-2)21(19)32-3)26-23-25-14-16(24)22(28-23)27-17-6-4-5-7-18(17)29-8-10-33-11-9-29/h4-7,12-14H,8-11H2,1-3H3,(H2,25,26,27,28). The molecule has 1 aromatic heterocycles. The molecule has 1 saturated heterocycles. The van der Waals surface area contributed by atoms with Crippen LogP contribution < -0.4 is 29.7 Å². The summed E-state index contributed by atoms with van der Waals surface area (Å²) < 4.78 is 22.5. The molecule has 0 radical (unpaired) electrons. The molecule has 9 nitrogen and oxygen atoms in total. The smallest absolute Gasteiger partial charge is 0.229 e. The summed E-state index contributed by atoms with van der Waals surface area (Å²) in [5.41, 5.74) is 2.76. The molecule has 4 rings (SSSR count). The van der Waals surface area contributed by atoms with Crippen LogP contribution in [0.4, 0.5) is 28.8 Å². The normalized spacial score (nSPS) is 13.4. The zero-order valence-electron chi connectivity index (χ0n) is 18.7. The van der Waals surface area contributed by atoms with Gasteiger partial charge in [-0.2, -0.15) is 4.98 Å².